The van der Waals surface area contributed by atoms with Crippen LogP contribution in [-0.4, -0.2) is 104 Å². The Morgan fingerprint density at radius 2 is 1.47 bits per heavy atom. The Morgan fingerprint density at radius 3 is 2.10 bits per heavy atom. The minimum Gasteiger partial charge on any atom is -0.504 e. The number of carbonyl (C=O) groups is 6. The molecule has 16 nitrogen and oxygen atoms in total. The van der Waals surface area contributed by atoms with Gasteiger partial charge in [0.05, 0.1) is 30.2 Å². The number of ether oxygens (including phenoxy) is 3. The molecule has 2 heterocycles. The van der Waals surface area contributed by atoms with E-state index in [4.69, 9.17) is 14.2 Å². The number of carboxylic acid groups (broad SMARTS) is 2. The van der Waals surface area contributed by atoms with Gasteiger partial charge in [0.2, 0.25) is 5.91 Å². The number of aromatic hydroxyl groups is 1. The summed E-state index contributed by atoms with van der Waals surface area (Å²) in [5.74, 6) is -7.43. The van der Waals surface area contributed by atoms with Crippen LogP contribution in [-0.2, 0) is 50.1 Å². The molecular formula is C42H43N3O13. The van der Waals surface area contributed by atoms with Gasteiger partial charge in [-0.1, -0.05) is 66.7 Å². The van der Waals surface area contributed by atoms with Crippen LogP contribution in [0.1, 0.15) is 66.9 Å². The molecule has 3 aromatic carbocycles. The summed E-state index contributed by atoms with van der Waals surface area (Å²) in [5.41, 5.74) is -0.529. The van der Waals surface area contributed by atoms with Crippen molar-refractivity contribution < 1.29 is 63.4 Å². The van der Waals surface area contributed by atoms with E-state index in [1.165, 1.54) is 24.3 Å². The van der Waals surface area contributed by atoms with Gasteiger partial charge in [-0.05, 0) is 62.2 Å². The smallest absolute Gasteiger partial charge is 0.326 e. The lowest BCUT2D eigenvalue weighted by molar-refractivity contribution is -0.207. The van der Waals surface area contributed by atoms with Crippen LogP contribution >= 0.6 is 0 Å². The number of phenolic OH excluding ortho intramolecular Hbond substituents is 1. The average Bonchev–Trinajstić information content (AvgIpc) is 3.57. The molecule has 4 aliphatic rings. The highest BCUT2D eigenvalue weighted by Gasteiger charge is 2.74. The monoisotopic (exact) mass is 797 g/mol. The number of rotatable bonds is 14. The van der Waals surface area contributed by atoms with Gasteiger partial charge in [0.15, 0.2) is 23.7 Å². The Morgan fingerprint density at radius 1 is 0.862 bits per heavy atom. The number of phenols is 1. The van der Waals surface area contributed by atoms with Crippen molar-refractivity contribution in [2.24, 2.45) is 0 Å². The largest absolute Gasteiger partial charge is 0.504 e. The Hall–Kier alpha value is -6.26. The van der Waals surface area contributed by atoms with Crippen LogP contribution in [0, 0.1) is 0 Å². The second kappa shape index (κ2) is 15.6. The molecule has 1 fully saturated rings. The number of aliphatic hydroxyl groups excluding tert-OH is 1. The number of likely N-dealkylation sites (tertiary alicyclic amines) is 1. The standard InChI is InChI=1S/C42H43N3O13/c1-22(23-9-5-3-6-10-23)37(50)43-26(39(52)53)20-31(47)56-29-15-16-42(58-32(48)21-27(40(54)55)44-38(51)34(49)24-11-7-4-8-12-24)30-19-25-13-14-28(46)35-33(25)41(42,36(29)57-35)17-18-45(30)2/h3-15,22,26-27,30,34,36,46,49H,16-21H2,1-2H3,(H,43,50)(H,44,51)(H,52,53)(H,54,55)/t22-,26-,27-,30+,34-,36-,41-,42+/m0/s1. The minimum absolute atomic E-state index is 0.0119. The van der Waals surface area contributed by atoms with Crippen LogP contribution in [0.4, 0.5) is 0 Å². The van der Waals surface area contributed by atoms with E-state index in [2.05, 4.69) is 10.6 Å². The number of carbonyl (C=O) groups excluding carboxylic acids is 4. The van der Waals surface area contributed by atoms with E-state index in [-0.39, 0.29) is 35.7 Å². The molecule has 304 valence electrons. The first-order valence-electron chi connectivity index (χ1n) is 18.9. The van der Waals surface area contributed by atoms with E-state index < -0.39 is 95.8 Å². The molecule has 2 amide bonds. The maximum atomic E-state index is 14.0. The van der Waals surface area contributed by atoms with Crippen molar-refractivity contribution >= 4 is 35.7 Å². The SMILES string of the molecule is C[C@H](C(=O)N[C@@H](CC(=O)OC1=CC[C@@]2(OC(=O)C[C@H](NC(=O)[C@@H](O)c3ccccc3)C(=O)O)[C@H]3Cc4ccc(O)c5c4[C@@]2(CCN3C)[C@H]1O5)C(=O)O)c1ccccc1. The Bertz CT molecular complexity index is 2180. The molecule has 2 aliphatic carbocycles. The van der Waals surface area contributed by atoms with E-state index in [1.54, 1.807) is 61.5 Å². The van der Waals surface area contributed by atoms with Gasteiger partial charge in [-0.25, -0.2) is 9.59 Å². The van der Waals surface area contributed by atoms with E-state index in [0.29, 0.717) is 24.1 Å². The summed E-state index contributed by atoms with van der Waals surface area (Å²) >= 11 is 0. The first kappa shape index (κ1) is 40.0. The van der Waals surface area contributed by atoms with Gasteiger partial charge in [-0.2, -0.15) is 0 Å². The predicted molar refractivity (Wildman–Crippen MR) is 201 cm³/mol. The third kappa shape index (κ3) is 6.91. The van der Waals surface area contributed by atoms with E-state index >= 15 is 0 Å². The molecule has 0 radical (unpaired) electrons. The quantitative estimate of drug-likeness (QED) is 0.128. The summed E-state index contributed by atoms with van der Waals surface area (Å²) in [6, 6.07) is 15.9. The minimum atomic E-state index is -1.77. The fraction of sp³-hybridized carbons (Fsp3) is 0.381. The fourth-order valence-corrected chi connectivity index (χ4v) is 8.99. The number of hydrogen-bond acceptors (Lipinski definition) is 12. The first-order chi connectivity index (χ1) is 27.7. The third-order valence-corrected chi connectivity index (χ3v) is 11.9. The second-order valence-corrected chi connectivity index (χ2v) is 15.2. The van der Waals surface area contributed by atoms with Gasteiger partial charge >= 0.3 is 23.9 Å². The summed E-state index contributed by atoms with van der Waals surface area (Å²) < 4.78 is 18.7. The van der Waals surface area contributed by atoms with Gasteiger partial charge in [-0.3, -0.25) is 24.1 Å². The van der Waals surface area contributed by atoms with Crippen molar-refractivity contribution in [3.05, 3.63) is 107 Å². The van der Waals surface area contributed by atoms with Crippen molar-refractivity contribution in [3.63, 3.8) is 0 Å². The predicted octanol–water partition coefficient (Wildman–Crippen LogP) is 2.22. The summed E-state index contributed by atoms with van der Waals surface area (Å²) in [7, 11) is 1.85. The van der Waals surface area contributed by atoms with Crippen LogP contribution in [0.2, 0.25) is 0 Å². The second-order valence-electron chi connectivity index (χ2n) is 15.2. The van der Waals surface area contributed by atoms with Crippen LogP contribution in [0.15, 0.2) is 84.6 Å². The topological polar surface area (TPSA) is 238 Å². The number of nitrogens with zero attached hydrogens (tertiary/aromatic N) is 1. The van der Waals surface area contributed by atoms with Crippen LogP contribution in [0.25, 0.3) is 0 Å². The number of aliphatic hydroxyl groups is 1. The number of aliphatic carboxylic acids is 2. The number of piperidine rings is 1. The van der Waals surface area contributed by atoms with Crippen LogP contribution in [0.5, 0.6) is 11.5 Å². The lowest BCUT2D eigenvalue weighted by atomic mass is 9.50. The first-order valence-corrected chi connectivity index (χ1v) is 18.9. The number of benzene rings is 3. The number of hydrogen-bond donors (Lipinski definition) is 6. The summed E-state index contributed by atoms with van der Waals surface area (Å²) in [4.78, 5) is 80.1. The van der Waals surface area contributed by atoms with Gasteiger partial charge in [-0.15, -0.1) is 0 Å². The fourth-order valence-electron chi connectivity index (χ4n) is 8.99. The van der Waals surface area contributed by atoms with Gasteiger partial charge in [0.25, 0.3) is 5.91 Å². The van der Waals surface area contributed by atoms with E-state index in [1.807, 2.05) is 11.9 Å². The molecule has 2 aliphatic heterocycles. The number of nitrogens with one attached hydrogen (secondary N) is 2. The normalized spacial score (nSPS) is 24.6. The number of likely N-dealkylation sites (N-methyl/N-ethyl adjacent to an activating group) is 1. The molecule has 2 bridgehead atoms. The molecule has 8 atom stereocenters. The summed E-state index contributed by atoms with van der Waals surface area (Å²) in [5, 5.41) is 46.3. The van der Waals surface area contributed by atoms with Crippen molar-refractivity contribution in [2.45, 2.75) is 86.3 Å². The number of carboxylic acids is 2. The molecule has 58 heavy (non-hydrogen) atoms. The Labute approximate surface area is 332 Å². The van der Waals surface area contributed by atoms with Crippen molar-refractivity contribution in [1.82, 2.24) is 15.5 Å². The van der Waals surface area contributed by atoms with Crippen molar-refractivity contribution in [2.75, 3.05) is 13.6 Å². The molecule has 0 saturated carbocycles. The lowest BCUT2D eigenvalue weighted by Crippen LogP contribution is -2.75. The zero-order valence-corrected chi connectivity index (χ0v) is 31.6. The van der Waals surface area contributed by atoms with E-state index in [9.17, 15) is 49.2 Å². The third-order valence-electron chi connectivity index (χ3n) is 11.9. The zero-order valence-electron chi connectivity index (χ0n) is 31.6. The zero-order chi connectivity index (χ0) is 41.5. The molecule has 16 heteroatoms. The molecule has 6 N–H and O–H groups in total. The summed E-state index contributed by atoms with van der Waals surface area (Å²) in [6.07, 6.45) is -2.35. The number of amides is 2. The summed E-state index contributed by atoms with van der Waals surface area (Å²) in [6.45, 7) is 2.07. The maximum Gasteiger partial charge on any atom is 0.326 e. The lowest BCUT2D eigenvalue weighted by Gasteiger charge is -2.62. The molecule has 3 aromatic rings. The van der Waals surface area contributed by atoms with Crippen molar-refractivity contribution in [3.8, 4) is 11.5 Å². The molecule has 0 unspecified atom stereocenters. The Kier molecular flexibility index (Phi) is 10.7. The van der Waals surface area contributed by atoms with Gasteiger partial charge in [0, 0.05) is 12.0 Å². The molecule has 7 rings (SSSR count). The average molecular weight is 798 g/mol. The highest BCUT2D eigenvalue weighted by Crippen LogP contribution is 2.66. The van der Waals surface area contributed by atoms with Gasteiger partial charge in [0.1, 0.15) is 23.4 Å². The molecular weight excluding hydrogens is 754 g/mol. The highest BCUT2D eigenvalue weighted by atomic mass is 16.6. The van der Waals surface area contributed by atoms with Gasteiger partial charge < -0.3 is 45.3 Å². The number of esters is 2. The molecule has 0 aromatic heterocycles. The molecule has 1 spiro atoms. The Balaban J connectivity index is 1.16. The highest BCUT2D eigenvalue weighted by molar-refractivity contribution is 5.91. The van der Waals surface area contributed by atoms with E-state index in [0.717, 1.165) is 5.56 Å². The van der Waals surface area contributed by atoms with Crippen LogP contribution in [0.3, 0.4) is 0 Å². The van der Waals surface area contributed by atoms with Crippen LogP contribution < -0.4 is 15.4 Å². The van der Waals surface area contributed by atoms with Crippen molar-refractivity contribution in [1.29, 1.82) is 0 Å². The maximum absolute atomic E-state index is 14.0. The molecule has 1 saturated heterocycles.